The molecule has 0 aromatic heterocycles. The van der Waals surface area contributed by atoms with Crippen LogP contribution in [0.5, 0.6) is 0 Å². The summed E-state index contributed by atoms with van der Waals surface area (Å²) in [4.78, 5) is 14.3. The molecule has 1 aliphatic heterocycles. The minimum atomic E-state index is -0.391. The predicted octanol–water partition coefficient (Wildman–Crippen LogP) is 3.99. The van der Waals surface area contributed by atoms with Crippen molar-refractivity contribution in [1.29, 1.82) is 0 Å². The third-order valence-electron chi connectivity index (χ3n) is 3.59. The molecule has 2 unspecified atom stereocenters. The highest BCUT2D eigenvalue weighted by Crippen LogP contribution is 2.25. The first-order valence-electron chi connectivity index (χ1n) is 6.28. The van der Waals surface area contributed by atoms with Crippen LogP contribution in [0.15, 0.2) is 22.7 Å². The first-order chi connectivity index (χ1) is 8.50. The summed E-state index contributed by atoms with van der Waals surface area (Å²) in [6.45, 7) is 4.12. The molecule has 1 heterocycles. The maximum Gasteiger partial charge on any atom is 0.254 e. The SMILES string of the molecule is CC1CCCC(C)N1C(=O)c1ccc(Br)c(F)c1. The lowest BCUT2D eigenvalue weighted by Gasteiger charge is -2.39. The van der Waals surface area contributed by atoms with E-state index in [0.717, 1.165) is 19.3 Å². The van der Waals surface area contributed by atoms with Crippen LogP contribution in [0.1, 0.15) is 43.5 Å². The molecular weight excluding hydrogens is 297 g/mol. The number of hydrogen-bond acceptors (Lipinski definition) is 1. The van der Waals surface area contributed by atoms with E-state index >= 15 is 0 Å². The molecule has 0 radical (unpaired) electrons. The van der Waals surface area contributed by atoms with Gasteiger partial charge in [0, 0.05) is 17.6 Å². The number of benzene rings is 1. The van der Waals surface area contributed by atoms with Crippen molar-refractivity contribution in [3.63, 3.8) is 0 Å². The molecule has 98 valence electrons. The Labute approximate surface area is 115 Å². The van der Waals surface area contributed by atoms with E-state index in [9.17, 15) is 9.18 Å². The zero-order valence-electron chi connectivity index (χ0n) is 10.6. The Kier molecular flexibility index (Phi) is 4.05. The summed E-state index contributed by atoms with van der Waals surface area (Å²) in [5, 5.41) is 0. The zero-order valence-corrected chi connectivity index (χ0v) is 12.2. The number of carbonyl (C=O) groups is 1. The van der Waals surface area contributed by atoms with Crippen molar-refractivity contribution in [2.45, 2.75) is 45.2 Å². The van der Waals surface area contributed by atoms with Crippen LogP contribution in [0.4, 0.5) is 4.39 Å². The summed E-state index contributed by atoms with van der Waals surface area (Å²) < 4.78 is 13.9. The van der Waals surface area contributed by atoms with Crippen LogP contribution in [0.3, 0.4) is 0 Å². The summed E-state index contributed by atoms with van der Waals surface area (Å²) in [5.74, 6) is -0.459. The largest absolute Gasteiger partial charge is 0.333 e. The van der Waals surface area contributed by atoms with Crippen LogP contribution in [-0.4, -0.2) is 22.9 Å². The van der Waals surface area contributed by atoms with E-state index in [1.165, 1.54) is 6.07 Å². The summed E-state index contributed by atoms with van der Waals surface area (Å²) in [7, 11) is 0. The van der Waals surface area contributed by atoms with Gasteiger partial charge in [-0.2, -0.15) is 0 Å². The molecule has 1 fully saturated rings. The quantitative estimate of drug-likeness (QED) is 0.767. The fourth-order valence-electron chi connectivity index (χ4n) is 2.60. The van der Waals surface area contributed by atoms with Gasteiger partial charge in [0.2, 0.25) is 0 Å². The van der Waals surface area contributed by atoms with Gasteiger partial charge in [0.25, 0.3) is 5.91 Å². The molecule has 0 saturated carbocycles. The van der Waals surface area contributed by atoms with Gasteiger partial charge in [-0.3, -0.25) is 4.79 Å². The number of hydrogen-bond donors (Lipinski definition) is 0. The lowest BCUT2D eigenvalue weighted by atomic mass is 9.96. The summed E-state index contributed by atoms with van der Waals surface area (Å²) >= 11 is 3.10. The molecular formula is C14H17BrFNO. The molecule has 1 aromatic carbocycles. The molecule has 2 nitrogen and oxygen atoms in total. The summed E-state index contributed by atoms with van der Waals surface area (Å²) in [6.07, 6.45) is 3.20. The number of halogens is 2. The predicted molar refractivity (Wildman–Crippen MR) is 73.0 cm³/mol. The lowest BCUT2D eigenvalue weighted by molar-refractivity contribution is 0.0510. The minimum absolute atomic E-state index is 0.0684. The van der Waals surface area contributed by atoms with Gasteiger partial charge >= 0.3 is 0 Å². The second-order valence-corrected chi connectivity index (χ2v) is 5.82. The van der Waals surface area contributed by atoms with Crippen LogP contribution >= 0.6 is 15.9 Å². The number of amides is 1. The Morgan fingerprint density at radius 2 is 1.94 bits per heavy atom. The van der Waals surface area contributed by atoms with Gasteiger partial charge in [-0.05, 0) is 67.2 Å². The van der Waals surface area contributed by atoms with Crippen LogP contribution < -0.4 is 0 Å². The van der Waals surface area contributed by atoms with Crippen LogP contribution in [0.2, 0.25) is 0 Å². The number of piperidine rings is 1. The summed E-state index contributed by atoms with van der Waals surface area (Å²) in [6, 6.07) is 5.02. The van der Waals surface area contributed by atoms with Gasteiger partial charge < -0.3 is 4.90 Å². The number of likely N-dealkylation sites (tertiary alicyclic amines) is 1. The van der Waals surface area contributed by atoms with Crippen LogP contribution in [-0.2, 0) is 0 Å². The second kappa shape index (κ2) is 5.39. The Bertz CT molecular complexity index is 453. The Hall–Kier alpha value is -0.900. The van der Waals surface area contributed by atoms with Crippen LogP contribution in [0.25, 0.3) is 0 Å². The van der Waals surface area contributed by atoms with E-state index in [0.29, 0.717) is 10.0 Å². The van der Waals surface area contributed by atoms with Crippen LogP contribution in [0, 0.1) is 5.82 Å². The molecule has 0 N–H and O–H groups in total. The maximum atomic E-state index is 13.5. The highest BCUT2D eigenvalue weighted by molar-refractivity contribution is 9.10. The van der Waals surface area contributed by atoms with Crippen molar-refractivity contribution in [2.24, 2.45) is 0 Å². The van der Waals surface area contributed by atoms with E-state index in [1.807, 2.05) is 4.90 Å². The molecule has 0 spiro atoms. The van der Waals surface area contributed by atoms with Crippen molar-refractivity contribution in [3.05, 3.63) is 34.1 Å². The standard InChI is InChI=1S/C14H17BrFNO/c1-9-4-3-5-10(2)17(9)14(18)11-6-7-12(15)13(16)8-11/h6-10H,3-5H2,1-2H3. The highest BCUT2D eigenvalue weighted by atomic mass is 79.9. The fraction of sp³-hybridized carbons (Fsp3) is 0.500. The van der Waals surface area contributed by atoms with Gasteiger partial charge in [0.15, 0.2) is 0 Å². The van der Waals surface area contributed by atoms with Crippen molar-refractivity contribution in [3.8, 4) is 0 Å². The first kappa shape index (κ1) is 13.5. The average Bonchev–Trinajstić information content (AvgIpc) is 2.32. The van der Waals surface area contributed by atoms with Crippen molar-refractivity contribution >= 4 is 21.8 Å². The zero-order chi connectivity index (χ0) is 13.3. The van der Waals surface area contributed by atoms with E-state index in [1.54, 1.807) is 12.1 Å². The van der Waals surface area contributed by atoms with Gasteiger partial charge in [-0.1, -0.05) is 0 Å². The van der Waals surface area contributed by atoms with E-state index in [2.05, 4.69) is 29.8 Å². The molecule has 1 aromatic rings. The van der Waals surface area contributed by atoms with Gasteiger partial charge in [-0.25, -0.2) is 4.39 Å². The van der Waals surface area contributed by atoms with E-state index in [4.69, 9.17) is 0 Å². The Morgan fingerprint density at radius 3 is 2.50 bits per heavy atom. The van der Waals surface area contributed by atoms with Crippen molar-refractivity contribution < 1.29 is 9.18 Å². The average molecular weight is 314 g/mol. The topological polar surface area (TPSA) is 20.3 Å². The van der Waals surface area contributed by atoms with E-state index in [-0.39, 0.29) is 18.0 Å². The number of nitrogens with zero attached hydrogens (tertiary/aromatic N) is 1. The maximum absolute atomic E-state index is 13.5. The first-order valence-corrected chi connectivity index (χ1v) is 7.07. The second-order valence-electron chi connectivity index (χ2n) is 4.97. The molecule has 4 heteroatoms. The van der Waals surface area contributed by atoms with Crippen molar-refractivity contribution in [2.75, 3.05) is 0 Å². The highest BCUT2D eigenvalue weighted by Gasteiger charge is 2.29. The summed E-state index contributed by atoms with van der Waals surface area (Å²) in [5.41, 5.74) is 0.427. The smallest absolute Gasteiger partial charge is 0.254 e. The van der Waals surface area contributed by atoms with Crippen molar-refractivity contribution in [1.82, 2.24) is 4.90 Å². The molecule has 1 saturated heterocycles. The molecule has 2 atom stereocenters. The van der Waals surface area contributed by atoms with E-state index < -0.39 is 5.82 Å². The fourth-order valence-corrected chi connectivity index (χ4v) is 2.85. The lowest BCUT2D eigenvalue weighted by Crippen LogP contribution is -2.47. The normalized spacial score (nSPS) is 24.1. The monoisotopic (exact) mass is 313 g/mol. The van der Waals surface area contributed by atoms with Gasteiger partial charge in [0.05, 0.1) is 4.47 Å². The van der Waals surface area contributed by atoms with Gasteiger partial charge in [0.1, 0.15) is 5.82 Å². The Balaban J connectivity index is 2.26. The minimum Gasteiger partial charge on any atom is -0.333 e. The molecule has 18 heavy (non-hydrogen) atoms. The third kappa shape index (κ3) is 2.58. The molecule has 0 bridgehead atoms. The molecule has 0 aliphatic carbocycles. The third-order valence-corrected chi connectivity index (χ3v) is 4.24. The molecule has 2 rings (SSSR count). The molecule has 1 aliphatic rings. The Morgan fingerprint density at radius 1 is 1.33 bits per heavy atom. The van der Waals surface area contributed by atoms with Gasteiger partial charge in [-0.15, -0.1) is 0 Å². The molecule has 1 amide bonds. The number of carbonyl (C=O) groups excluding carboxylic acids is 1. The number of rotatable bonds is 1.